The fraction of sp³-hybridized carbons (Fsp3) is 0.615. The van der Waals surface area contributed by atoms with Crippen LogP contribution in [0.1, 0.15) is 37.6 Å². The lowest BCUT2D eigenvalue weighted by Gasteiger charge is -2.35. The molecule has 0 aliphatic carbocycles. The van der Waals surface area contributed by atoms with E-state index in [0.717, 1.165) is 23.6 Å². The van der Waals surface area contributed by atoms with Crippen molar-refractivity contribution in [3.8, 4) is 0 Å². The van der Waals surface area contributed by atoms with Gasteiger partial charge in [-0.25, -0.2) is 15.0 Å². The zero-order valence-electron chi connectivity index (χ0n) is 10.6. The van der Waals surface area contributed by atoms with E-state index in [2.05, 4.69) is 22.2 Å². The summed E-state index contributed by atoms with van der Waals surface area (Å²) in [5.74, 6) is 0. The van der Waals surface area contributed by atoms with E-state index in [1.807, 2.05) is 0 Å². The number of rotatable bonds is 3. The van der Waals surface area contributed by atoms with Crippen LogP contribution in [0.5, 0.6) is 0 Å². The van der Waals surface area contributed by atoms with E-state index in [0.29, 0.717) is 0 Å². The molecule has 1 N–H and O–H groups in total. The van der Waals surface area contributed by atoms with Gasteiger partial charge in [0.25, 0.3) is 0 Å². The SMILES string of the molecule is CCCC1(c2nc3nccnc3s2)CCNCC1. The molecule has 1 fully saturated rings. The Morgan fingerprint density at radius 3 is 2.78 bits per heavy atom. The molecule has 3 heterocycles. The van der Waals surface area contributed by atoms with Crippen LogP contribution in [0.4, 0.5) is 0 Å². The first-order chi connectivity index (χ1) is 8.84. The summed E-state index contributed by atoms with van der Waals surface area (Å²) in [6, 6.07) is 0. The number of nitrogens with one attached hydrogen (secondary N) is 1. The molecule has 0 bridgehead atoms. The van der Waals surface area contributed by atoms with E-state index in [-0.39, 0.29) is 5.41 Å². The molecule has 1 aliphatic heterocycles. The van der Waals surface area contributed by atoms with Crippen LogP contribution in [0.25, 0.3) is 10.5 Å². The molecule has 5 heteroatoms. The third-order valence-corrected chi connectivity index (χ3v) is 4.99. The quantitative estimate of drug-likeness (QED) is 0.923. The van der Waals surface area contributed by atoms with Crippen molar-refractivity contribution in [1.82, 2.24) is 20.3 Å². The summed E-state index contributed by atoms with van der Waals surface area (Å²) in [5.41, 5.74) is 1.07. The van der Waals surface area contributed by atoms with Crippen LogP contribution in [0, 0.1) is 0 Å². The van der Waals surface area contributed by atoms with E-state index >= 15 is 0 Å². The number of piperidine rings is 1. The highest BCUT2D eigenvalue weighted by atomic mass is 32.1. The van der Waals surface area contributed by atoms with E-state index in [1.165, 1.54) is 30.7 Å². The second kappa shape index (κ2) is 4.90. The van der Waals surface area contributed by atoms with Crippen LogP contribution in [0.2, 0.25) is 0 Å². The van der Waals surface area contributed by atoms with Gasteiger partial charge in [-0.1, -0.05) is 24.7 Å². The first-order valence-electron chi connectivity index (χ1n) is 6.63. The molecule has 18 heavy (non-hydrogen) atoms. The summed E-state index contributed by atoms with van der Waals surface area (Å²) in [7, 11) is 0. The molecule has 0 atom stereocenters. The molecule has 2 aromatic rings. The molecule has 1 aliphatic rings. The third-order valence-electron chi connectivity index (χ3n) is 3.79. The zero-order chi connectivity index (χ0) is 12.4. The van der Waals surface area contributed by atoms with Gasteiger partial charge in [0.2, 0.25) is 0 Å². The molecular weight excluding hydrogens is 244 g/mol. The Kier molecular flexibility index (Phi) is 3.26. The predicted molar refractivity (Wildman–Crippen MR) is 73.9 cm³/mol. The topological polar surface area (TPSA) is 50.7 Å². The van der Waals surface area contributed by atoms with Crippen molar-refractivity contribution in [2.75, 3.05) is 13.1 Å². The van der Waals surface area contributed by atoms with Crippen LogP contribution in [0.15, 0.2) is 12.4 Å². The molecule has 0 unspecified atom stereocenters. The Hall–Kier alpha value is -1.07. The first-order valence-corrected chi connectivity index (χ1v) is 7.44. The molecular formula is C13H18N4S. The normalized spacial score (nSPS) is 19.2. The number of thiazole rings is 1. The maximum Gasteiger partial charge on any atom is 0.189 e. The first kappa shape index (κ1) is 12.0. The number of hydrogen-bond acceptors (Lipinski definition) is 5. The summed E-state index contributed by atoms with van der Waals surface area (Å²) in [6.07, 6.45) is 8.26. The molecule has 3 rings (SSSR count). The van der Waals surface area contributed by atoms with E-state index in [9.17, 15) is 0 Å². The highest BCUT2D eigenvalue weighted by molar-refractivity contribution is 7.18. The van der Waals surface area contributed by atoms with Crippen molar-refractivity contribution in [2.24, 2.45) is 0 Å². The molecule has 0 radical (unpaired) electrons. The monoisotopic (exact) mass is 262 g/mol. The summed E-state index contributed by atoms with van der Waals surface area (Å²) in [6.45, 7) is 4.45. The van der Waals surface area contributed by atoms with Crippen LogP contribution in [-0.2, 0) is 5.41 Å². The van der Waals surface area contributed by atoms with Crippen LogP contribution in [-0.4, -0.2) is 28.0 Å². The van der Waals surface area contributed by atoms with Crippen molar-refractivity contribution in [3.05, 3.63) is 17.4 Å². The van der Waals surface area contributed by atoms with Crippen LogP contribution >= 0.6 is 11.3 Å². The van der Waals surface area contributed by atoms with Gasteiger partial charge >= 0.3 is 0 Å². The van der Waals surface area contributed by atoms with E-state index < -0.39 is 0 Å². The van der Waals surface area contributed by atoms with Crippen molar-refractivity contribution in [3.63, 3.8) is 0 Å². The molecule has 96 valence electrons. The van der Waals surface area contributed by atoms with E-state index in [1.54, 1.807) is 23.7 Å². The van der Waals surface area contributed by atoms with Crippen molar-refractivity contribution in [1.29, 1.82) is 0 Å². The minimum absolute atomic E-state index is 0.257. The largest absolute Gasteiger partial charge is 0.317 e. The van der Waals surface area contributed by atoms with Crippen molar-refractivity contribution >= 4 is 21.8 Å². The van der Waals surface area contributed by atoms with Crippen LogP contribution < -0.4 is 5.32 Å². The summed E-state index contributed by atoms with van der Waals surface area (Å²) < 4.78 is 0. The Labute approximate surface area is 111 Å². The molecule has 1 saturated heterocycles. The summed E-state index contributed by atoms with van der Waals surface area (Å²) in [5, 5.41) is 4.69. The minimum atomic E-state index is 0.257. The van der Waals surface area contributed by atoms with Crippen molar-refractivity contribution < 1.29 is 0 Å². The molecule has 0 amide bonds. The van der Waals surface area contributed by atoms with Gasteiger partial charge in [0, 0.05) is 17.8 Å². The number of hydrogen-bond donors (Lipinski definition) is 1. The van der Waals surface area contributed by atoms with Gasteiger partial charge < -0.3 is 5.32 Å². The summed E-state index contributed by atoms with van der Waals surface area (Å²) in [4.78, 5) is 14.4. The predicted octanol–water partition coefficient (Wildman–Crippen LogP) is 2.51. The maximum atomic E-state index is 4.74. The Morgan fingerprint density at radius 2 is 2.06 bits per heavy atom. The highest BCUT2D eigenvalue weighted by Gasteiger charge is 2.36. The zero-order valence-corrected chi connectivity index (χ0v) is 11.5. The number of aromatic nitrogens is 3. The highest BCUT2D eigenvalue weighted by Crippen LogP contribution is 2.40. The van der Waals surface area contributed by atoms with E-state index in [4.69, 9.17) is 4.98 Å². The van der Waals surface area contributed by atoms with Gasteiger partial charge in [-0.3, -0.25) is 0 Å². The van der Waals surface area contributed by atoms with Gasteiger partial charge in [-0.05, 0) is 32.4 Å². The lowest BCUT2D eigenvalue weighted by molar-refractivity contribution is 0.285. The third kappa shape index (κ3) is 2.01. The standard InChI is InChI=1S/C13H18N4S/c1-2-3-13(4-6-14-7-5-13)12-17-10-11(18-12)16-9-8-15-10/h8-9,14H,2-7H2,1H3. The summed E-state index contributed by atoms with van der Waals surface area (Å²) >= 11 is 1.73. The number of fused-ring (bicyclic) bond motifs is 1. The van der Waals surface area contributed by atoms with Gasteiger partial charge in [-0.2, -0.15) is 0 Å². The fourth-order valence-corrected chi connectivity index (χ4v) is 4.00. The maximum absolute atomic E-state index is 4.74. The second-order valence-electron chi connectivity index (χ2n) is 4.98. The smallest absolute Gasteiger partial charge is 0.189 e. The van der Waals surface area contributed by atoms with Gasteiger partial charge in [0.15, 0.2) is 10.5 Å². The van der Waals surface area contributed by atoms with Crippen molar-refractivity contribution in [2.45, 2.75) is 38.0 Å². The Morgan fingerprint density at radius 1 is 1.28 bits per heavy atom. The number of nitrogens with zero attached hydrogens (tertiary/aromatic N) is 3. The minimum Gasteiger partial charge on any atom is -0.317 e. The lowest BCUT2D eigenvalue weighted by atomic mass is 9.76. The Balaban J connectivity index is 2.03. The van der Waals surface area contributed by atoms with Crippen LogP contribution in [0.3, 0.4) is 0 Å². The average Bonchev–Trinajstić information content (AvgIpc) is 2.84. The molecule has 2 aromatic heterocycles. The van der Waals surface area contributed by atoms with Gasteiger partial charge in [0.1, 0.15) is 5.01 Å². The Bertz CT molecular complexity index is 492. The molecule has 0 spiro atoms. The molecule has 0 aromatic carbocycles. The molecule has 0 saturated carbocycles. The lowest BCUT2D eigenvalue weighted by Crippen LogP contribution is -2.39. The fourth-order valence-electron chi connectivity index (χ4n) is 2.86. The second-order valence-corrected chi connectivity index (χ2v) is 5.96. The average molecular weight is 262 g/mol. The van der Waals surface area contributed by atoms with Gasteiger partial charge in [0.05, 0.1) is 0 Å². The van der Waals surface area contributed by atoms with Gasteiger partial charge in [-0.15, -0.1) is 0 Å². The molecule has 4 nitrogen and oxygen atoms in total.